The van der Waals surface area contributed by atoms with E-state index in [9.17, 15) is 9.90 Å². The molecule has 64 valence electrons. The number of hydrogen-bond acceptors (Lipinski definition) is 2. The van der Waals surface area contributed by atoms with E-state index in [0.29, 0.717) is 14.5 Å². The van der Waals surface area contributed by atoms with Crippen LogP contribution >= 0.6 is 31.9 Å². The normalized spacial score (nSPS) is 9.92. The van der Waals surface area contributed by atoms with Crippen LogP contribution in [0.3, 0.4) is 0 Å². The van der Waals surface area contributed by atoms with Crippen LogP contribution in [-0.4, -0.2) is 10.9 Å². The van der Waals surface area contributed by atoms with E-state index in [1.54, 1.807) is 6.07 Å². The van der Waals surface area contributed by atoms with Crippen LogP contribution < -0.4 is 0 Å². The van der Waals surface area contributed by atoms with Crippen LogP contribution in [0, 0.1) is 0 Å². The van der Waals surface area contributed by atoms with Gasteiger partial charge in [-0.25, -0.2) is 0 Å². The van der Waals surface area contributed by atoms with Crippen molar-refractivity contribution in [3.8, 4) is 5.75 Å². The third kappa shape index (κ3) is 1.69. The molecule has 0 aliphatic carbocycles. The van der Waals surface area contributed by atoms with E-state index in [2.05, 4.69) is 31.9 Å². The maximum Gasteiger partial charge on any atom is 0.160 e. The second kappa shape index (κ2) is 3.58. The summed E-state index contributed by atoms with van der Waals surface area (Å²) in [6.45, 7) is 1.48. The van der Waals surface area contributed by atoms with Gasteiger partial charge in [-0.3, -0.25) is 4.79 Å². The number of benzene rings is 1. The number of rotatable bonds is 1. The Labute approximate surface area is 86.9 Å². The van der Waals surface area contributed by atoms with Crippen LogP contribution in [0.25, 0.3) is 0 Å². The van der Waals surface area contributed by atoms with E-state index in [0.717, 1.165) is 0 Å². The number of halogens is 2. The minimum Gasteiger partial charge on any atom is -0.507 e. The molecule has 0 atom stereocenters. The van der Waals surface area contributed by atoms with Crippen molar-refractivity contribution in [3.63, 3.8) is 0 Å². The van der Waals surface area contributed by atoms with E-state index < -0.39 is 0 Å². The number of carbonyl (C=O) groups is 1. The van der Waals surface area contributed by atoms with Gasteiger partial charge in [-0.2, -0.15) is 0 Å². The zero-order valence-corrected chi connectivity index (χ0v) is 9.44. The molecule has 1 rings (SSSR count). The summed E-state index contributed by atoms with van der Waals surface area (Å²) < 4.78 is 1.10. The van der Waals surface area contributed by atoms with Crippen LogP contribution in [0.2, 0.25) is 0 Å². The number of phenols is 1. The molecule has 0 aromatic heterocycles. The number of hydrogen-bond donors (Lipinski definition) is 1. The summed E-state index contributed by atoms with van der Waals surface area (Å²) in [7, 11) is 0. The topological polar surface area (TPSA) is 37.3 Å². The summed E-state index contributed by atoms with van der Waals surface area (Å²) in [6, 6.07) is 3.05. The molecule has 0 radical (unpaired) electrons. The third-order valence-corrected chi connectivity index (χ3v) is 3.60. The number of aromatic hydroxyl groups is 1. The number of Topliss-reactive ketones (excluding diaryl/α,β-unsaturated/α-hetero) is 1. The number of carbonyl (C=O) groups excluding carboxylic acids is 1. The Bertz CT molecular complexity index is 334. The van der Waals surface area contributed by atoms with Crippen molar-refractivity contribution in [2.24, 2.45) is 0 Å². The van der Waals surface area contributed by atoms with Crippen LogP contribution in [-0.2, 0) is 0 Å². The van der Waals surface area contributed by atoms with Gasteiger partial charge < -0.3 is 5.11 Å². The molecular formula is C8H6Br2O2. The summed E-state index contributed by atoms with van der Waals surface area (Å²) in [6.07, 6.45) is 0. The number of ketones is 1. The van der Waals surface area contributed by atoms with Gasteiger partial charge in [-0.1, -0.05) is 0 Å². The molecule has 1 aromatic carbocycles. The predicted molar refractivity (Wildman–Crippen MR) is 53.5 cm³/mol. The van der Waals surface area contributed by atoms with Crippen LogP contribution in [0.1, 0.15) is 17.3 Å². The van der Waals surface area contributed by atoms with Gasteiger partial charge in [-0.15, -0.1) is 0 Å². The molecule has 0 fully saturated rings. The summed E-state index contributed by atoms with van der Waals surface area (Å²) in [5, 5.41) is 9.22. The average Bonchev–Trinajstić information content (AvgIpc) is 2.00. The van der Waals surface area contributed by atoms with Gasteiger partial charge in [0, 0.05) is 10.0 Å². The van der Waals surface area contributed by atoms with Gasteiger partial charge in [0.15, 0.2) is 5.78 Å². The quantitative estimate of drug-likeness (QED) is 0.808. The summed E-state index contributed by atoms with van der Waals surface area (Å²) in [4.78, 5) is 11.0. The van der Waals surface area contributed by atoms with Crippen molar-refractivity contribution < 1.29 is 9.90 Å². The van der Waals surface area contributed by atoms with E-state index >= 15 is 0 Å². The number of phenolic OH excluding ortho intramolecular Hbond substituents is 1. The van der Waals surface area contributed by atoms with Crippen molar-refractivity contribution >= 4 is 37.6 Å². The second-order valence-corrected chi connectivity index (χ2v) is 3.90. The van der Waals surface area contributed by atoms with Crippen molar-refractivity contribution in [1.82, 2.24) is 0 Å². The Hall–Kier alpha value is -0.350. The predicted octanol–water partition coefficient (Wildman–Crippen LogP) is 3.12. The van der Waals surface area contributed by atoms with Gasteiger partial charge in [0.1, 0.15) is 5.75 Å². The van der Waals surface area contributed by atoms with Gasteiger partial charge in [0.2, 0.25) is 0 Å². The van der Waals surface area contributed by atoms with Crippen molar-refractivity contribution in [1.29, 1.82) is 0 Å². The maximum absolute atomic E-state index is 11.0. The Morgan fingerprint density at radius 1 is 1.33 bits per heavy atom. The van der Waals surface area contributed by atoms with E-state index in [4.69, 9.17) is 0 Å². The van der Waals surface area contributed by atoms with Gasteiger partial charge >= 0.3 is 0 Å². The molecule has 0 bridgehead atoms. The van der Waals surface area contributed by atoms with Gasteiger partial charge in [0.05, 0.1) is 4.47 Å². The van der Waals surface area contributed by atoms with Crippen LogP contribution in [0.5, 0.6) is 5.75 Å². The standard InChI is InChI=1S/C8H6Br2O2/c1-4(11)5-2-3-6(12)8(10)7(5)9/h2-3,12H,1H3. The first kappa shape index (κ1) is 9.74. The lowest BCUT2D eigenvalue weighted by atomic mass is 10.1. The van der Waals surface area contributed by atoms with Crippen LogP contribution in [0.15, 0.2) is 21.1 Å². The monoisotopic (exact) mass is 292 g/mol. The summed E-state index contributed by atoms with van der Waals surface area (Å²) >= 11 is 6.35. The zero-order valence-electron chi connectivity index (χ0n) is 6.27. The Balaban J connectivity index is 3.36. The highest BCUT2D eigenvalue weighted by Gasteiger charge is 2.10. The Morgan fingerprint density at radius 2 is 1.92 bits per heavy atom. The lowest BCUT2D eigenvalue weighted by Crippen LogP contribution is -1.93. The Morgan fingerprint density at radius 3 is 2.42 bits per heavy atom. The largest absolute Gasteiger partial charge is 0.507 e. The molecule has 0 unspecified atom stereocenters. The minimum atomic E-state index is -0.0393. The highest BCUT2D eigenvalue weighted by atomic mass is 79.9. The molecule has 0 aliphatic heterocycles. The van der Waals surface area contributed by atoms with Crippen molar-refractivity contribution in [2.75, 3.05) is 0 Å². The lowest BCUT2D eigenvalue weighted by Gasteiger charge is -2.03. The molecule has 0 spiro atoms. The molecule has 1 N–H and O–H groups in total. The second-order valence-electron chi connectivity index (χ2n) is 2.32. The molecule has 0 aliphatic rings. The molecule has 0 saturated carbocycles. The van der Waals surface area contributed by atoms with Gasteiger partial charge in [-0.05, 0) is 50.9 Å². The van der Waals surface area contributed by atoms with Crippen molar-refractivity contribution in [2.45, 2.75) is 6.92 Å². The molecule has 4 heteroatoms. The van der Waals surface area contributed by atoms with E-state index in [-0.39, 0.29) is 11.5 Å². The highest BCUT2D eigenvalue weighted by molar-refractivity contribution is 9.13. The van der Waals surface area contributed by atoms with E-state index in [1.165, 1.54) is 13.0 Å². The molecule has 1 aromatic rings. The minimum absolute atomic E-state index is 0.0393. The fraction of sp³-hybridized carbons (Fsp3) is 0.125. The van der Waals surface area contributed by atoms with Crippen molar-refractivity contribution in [3.05, 3.63) is 26.6 Å². The SMILES string of the molecule is CC(=O)c1ccc(O)c(Br)c1Br. The first-order valence-corrected chi connectivity index (χ1v) is 4.80. The maximum atomic E-state index is 11.0. The molecule has 0 amide bonds. The zero-order chi connectivity index (χ0) is 9.30. The lowest BCUT2D eigenvalue weighted by molar-refractivity contribution is 0.101. The summed E-state index contributed by atoms with van der Waals surface area (Å²) in [5.41, 5.74) is 0.555. The fourth-order valence-corrected chi connectivity index (χ4v) is 1.77. The average molecular weight is 294 g/mol. The van der Waals surface area contributed by atoms with E-state index in [1.807, 2.05) is 0 Å². The first-order chi connectivity index (χ1) is 5.54. The van der Waals surface area contributed by atoms with Crippen LogP contribution in [0.4, 0.5) is 0 Å². The molecule has 0 heterocycles. The molecule has 0 saturated heterocycles. The molecular weight excluding hydrogens is 288 g/mol. The fourth-order valence-electron chi connectivity index (χ4n) is 0.811. The third-order valence-electron chi connectivity index (χ3n) is 1.44. The smallest absolute Gasteiger partial charge is 0.160 e. The molecule has 2 nitrogen and oxygen atoms in total. The highest BCUT2D eigenvalue weighted by Crippen LogP contribution is 2.34. The first-order valence-electron chi connectivity index (χ1n) is 3.22. The molecule has 12 heavy (non-hydrogen) atoms. The summed E-state index contributed by atoms with van der Waals surface area (Å²) in [5.74, 6) is 0.0782. The van der Waals surface area contributed by atoms with Gasteiger partial charge in [0.25, 0.3) is 0 Å². The Kier molecular flexibility index (Phi) is 2.90.